The highest BCUT2D eigenvalue weighted by molar-refractivity contribution is 7.98. The van der Waals surface area contributed by atoms with E-state index in [9.17, 15) is 17.2 Å². The largest absolute Gasteiger partial charge is 0.249 e. The predicted molar refractivity (Wildman–Crippen MR) is 90.3 cm³/mol. The van der Waals surface area contributed by atoms with Crippen molar-refractivity contribution < 1.29 is 17.2 Å². The van der Waals surface area contributed by atoms with Crippen molar-refractivity contribution in [3.05, 3.63) is 53.7 Å². The molecule has 0 aliphatic rings. The van der Waals surface area contributed by atoms with Crippen LogP contribution in [-0.2, 0) is 15.8 Å². The van der Waals surface area contributed by atoms with Gasteiger partial charge in [0.1, 0.15) is 4.90 Å². The molecule has 0 saturated carbocycles. The van der Waals surface area contributed by atoms with E-state index in [-0.39, 0.29) is 16.2 Å². The van der Waals surface area contributed by atoms with E-state index < -0.39 is 21.7 Å². The first-order chi connectivity index (χ1) is 11.4. The third kappa shape index (κ3) is 4.12. The maximum absolute atomic E-state index is 13.6. The van der Waals surface area contributed by atoms with Gasteiger partial charge < -0.3 is 0 Å². The minimum atomic E-state index is -3.55. The van der Waals surface area contributed by atoms with Crippen LogP contribution < -0.4 is 0 Å². The number of benzene rings is 1. The smallest absolute Gasteiger partial charge is 0.244 e. The molecule has 24 heavy (non-hydrogen) atoms. The fraction of sp³-hybridized carbons (Fsp3) is 0.312. The molecular formula is C16H18F2N2O2S2. The molecule has 0 aliphatic carbocycles. The molecule has 4 nitrogen and oxygen atoms in total. The average molecular weight is 372 g/mol. The molecule has 1 aromatic heterocycles. The topological polar surface area (TPSA) is 50.3 Å². The van der Waals surface area contributed by atoms with E-state index in [2.05, 4.69) is 4.98 Å². The number of hydrogen-bond donors (Lipinski definition) is 0. The lowest BCUT2D eigenvalue weighted by Crippen LogP contribution is -2.30. The Bertz CT molecular complexity index is 792. The summed E-state index contributed by atoms with van der Waals surface area (Å²) in [5.74, 6) is -1.55. The SMILES string of the molecule is CCN(CC)S(=O)(=O)c1ccc(SCc2cccc(F)c2F)nc1. The standard InChI is InChI=1S/C16H18F2N2O2S2/c1-3-20(4-2)24(21,22)13-8-9-15(19-10-13)23-11-12-6-5-7-14(17)16(12)18/h5-10H,3-4,11H2,1-2H3. The summed E-state index contributed by atoms with van der Waals surface area (Å²) < 4.78 is 52.8. The quantitative estimate of drug-likeness (QED) is 0.696. The second-order valence-corrected chi connectivity index (χ2v) is 7.86. The molecular weight excluding hydrogens is 354 g/mol. The van der Waals surface area contributed by atoms with E-state index in [4.69, 9.17) is 0 Å². The molecule has 0 unspecified atom stereocenters. The molecule has 0 atom stereocenters. The minimum Gasteiger partial charge on any atom is -0.249 e. The molecule has 0 amide bonds. The lowest BCUT2D eigenvalue weighted by Gasteiger charge is -2.18. The lowest BCUT2D eigenvalue weighted by atomic mass is 10.2. The summed E-state index contributed by atoms with van der Waals surface area (Å²) in [4.78, 5) is 4.22. The van der Waals surface area contributed by atoms with Gasteiger partial charge in [-0.2, -0.15) is 4.31 Å². The van der Waals surface area contributed by atoms with Gasteiger partial charge in [-0.25, -0.2) is 22.2 Å². The summed E-state index contributed by atoms with van der Waals surface area (Å²) in [6, 6.07) is 7.06. The Morgan fingerprint density at radius 1 is 1.12 bits per heavy atom. The summed E-state index contributed by atoms with van der Waals surface area (Å²) in [5, 5.41) is 0.539. The van der Waals surface area contributed by atoms with Gasteiger partial charge in [-0.05, 0) is 18.2 Å². The Kier molecular flexibility index (Phi) is 6.31. The second-order valence-electron chi connectivity index (χ2n) is 4.92. The first kappa shape index (κ1) is 18.8. The fourth-order valence-electron chi connectivity index (χ4n) is 2.13. The van der Waals surface area contributed by atoms with Crippen molar-refractivity contribution in [1.29, 1.82) is 0 Å². The number of halogens is 2. The molecule has 130 valence electrons. The van der Waals surface area contributed by atoms with Gasteiger partial charge in [0, 0.05) is 30.6 Å². The first-order valence-electron chi connectivity index (χ1n) is 7.42. The Balaban J connectivity index is 2.11. The van der Waals surface area contributed by atoms with Gasteiger partial charge in [0.2, 0.25) is 10.0 Å². The fourth-order valence-corrected chi connectivity index (χ4v) is 4.35. The van der Waals surface area contributed by atoms with Crippen molar-refractivity contribution in [3.8, 4) is 0 Å². The van der Waals surface area contributed by atoms with Gasteiger partial charge in [-0.3, -0.25) is 0 Å². The molecule has 2 aromatic rings. The van der Waals surface area contributed by atoms with E-state index in [0.29, 0.717) is 18.1 Å². The highest BCUT2D eigenvalue weighted by Crippen LogP contribution is 2.24. The Morgan fingerprint density at radius 3 is 2.42 bits per heavy atom. The summed E-state index contributed by atoms with van der Waals surface area (Å²) in [6.07, 6.45) is 1.29. The summed E-state index contributed by atoms with van der Waals surface area (Å²) in [5.41, 5.74) is 0.238. The summed E-state index contributed by atoms with van der Waals surface area (Å²) >= 11 is 1.21. The van der Waals surface area contributed by atoms with Crippen molar-refractivity contribution in [2.75, 3.05) is 13.1 Å². The first-order valence-corrected chi connectivity index (χ1v) is 9.84. The normalized spacial score (nSPS) is 11.9. The zero-order valence-corrected chi connectivity index (χ0v) is 15.0. The van der Waals surface area contributed by atoms with Crippen molar-refractivity contribution in [2.45, 2.75) is 29.5 Å². The number of thioether (sulfide) groups is 1. The number of nitrogens with zero attached hydrogens (tertiary/aromatic N) is 2. The molecule has 1 heterocycles. The van der Waals surface area contributed by atoms with Gasteiger partial charge in [0.25, 0.3) is 0 Å². The molecule has 0 aliphatic heterocycles. The van der Waals surface area contributed by atoms with Crippen LogP contribution in [0.25, 0.3) is 0 Å². The molecule has 0 radical (unpaired) electrons. The zero-order chi connectivity index (χ0) is 17.7. The maximum Gasteiger partial charge on any atom is 0.244 e. The van der Waals surface area contributed by atoms with Crippen LogP contribution in [0.4, 0.5) is 8.78 Å². The highest BCUT2D eigenvalue weighted by atomic mass is 32.2. The number of sulfonamides is 1. The molecule has 0 bridgehead atoms. The van der Waals surface area contributed by atoms with Crippen LogP contribution >= 0.6 is 11.8 Å². The Hall–Kier alpha value is -1.51. The van der Waals surface area contributed by atoms with Gasteiger partial charge in [0.15, 0.2) is 11.6 Å². The molecule has 0 N–H and O–H groups in total. The third-order valence-corrected chi connectivity index (χ3v) is 6.49. The lowest BCUT2D eigenvalue weighted by molar-refractivity contribution is 0.445. The third-order valence-electron chi connectivity index (χ3n) is 3.46. The highest BCUT2D eigenvalue weighted by Gasteiger charge is 2.21. The van der Waals surface area contributed by atoms with Crippen LogP contribution in [0.3, 0.4) is 0 Å². The molecule has 0 saturated heterocycles. The van der Waals surface area contributed by atoms with Gasteiger partial charge >= 0.3 is 0 Å². The van der Waals surface area contributed by atoms with E-state index in [1.54, 1.807) is 19.9 Å². The van der Waals surface area contributed by atoms with E-state index in [0.717, 1.165) is 6.07 Å². The van der Waals surface area contributed by atoms with Gasteiger partial charge in [0.05, 0.1) is 5.03 Å². The van der Waals surface area contributed by atoms with Crippen molar-refractivity contribution >= 4 is 21.8 Å². The second kappa shape index (κ2) is 8.04. The van der Waals surface area contributed by atoms with Crippen LogP contribution in [0, 0.1) is 11.6 Å². The molecule has 8 heteroatoms. The Labute approximate surface area is 145 Å². The van der Waals surface area contributed by atoms with Crippen LogP contribution in [0.2, 0.25) is 0 Å². The van der Waals surface area contributed by atoms with Crippen molar-refractivity contribution in [3.63, 3.8) is 0 Å². The van der Waals surface area contributed by atoms with Gasteiger partial charge in [-0.15, -0.1) is 11.8 Å². The van der Waals surface area contributed by atoms with Crippen LogP contribution in [0.1, 0.15) is 19.4 Å². The van der Waals surface area contributed by atoms with Crippen molar-refractivity contribution in [2.24, 2.45) is 0 Å². The van der Waals surface area contributed by atoms with Crippen LogP contribution in [-0.4, -0.2) is 30.8 Å². The molecule has 2 rings (SSSR count). The minimum absolute atomic E-state index is 0.118. The Morgan fingerprint density at radius 2 is 1.83 bits per heavy atom. The van der Waals surface area contributed by atoms with Crippen LogP contribution in [0.15, 0.2) is 46.5 Å². The summed E-state index contributed by atoms with van der Waals surface area (Å²) in [6.45, 7) is 4.31. The number of hydrogen-bond acceptors (Lipinski definition) is 4. The zero-order valence-electron chi connectivity index (χ0n) is 13.4. The number of pyridine rings is 1. The van der Waals surface area contributed by atoms with Crippen LogP contribution in [0.5, 0.6) is 0 Å². The van der Waals surface area contributed by atoms with Gasteiger partial charge in [-0.1, -0.05) is 26.0 Å². The monoisotopic (exact) mass is 372 g/mol. The maximum atomic E-state index is 13.6. The van der Waals surface area contributed by atoms with Crippen molar-refractivity contribution in [1.82, 2.24) is 9.29 Å². The molecule has 0 spiro atoms. The van der Waals surface area contributed by atoms with E-state index >= 15 is 0 Å². The average Bonchev–Trinajstić information content (AvgIpc) is 2.57. The summed E-state index contributed by atoms with van der Waals surface area (Å²) in [7, 11) is -3.55. The number of rotatable bonds is 7. The van der Waals surface area contributed by atoms with E-state index in [1.807, 2.05) is 0 Å². The van der Waals surface area contributed by atoms with E-state index in [1.165, 1.54) is 40.5 Å². The molecule has 0 fully saturated rings. The molecule has 1 aromatic carbocycles. The predicted octanol–water partition coefficient (Wildman–Crippen LogP) is 3.68. The number of aromatic nitrogens is 1.